The van der Waals surface area contributed by atoms with Crippen LogP contribution in [0.4, 0.5) is 0 Å². The number of methoxy groups -OCH3 is 2. The number of halogens is 1. The van der Waals surface area contributed by atoms with Gasteiger partial charge in [0.05, 0.1) is 13.7 Å². The van der Waals surface area contributed by atoms with Gasteiger partial charge < -0.3 is 24.8 Å². The van der Waals surface area contributed by atoms with Crippen LogP contribution in [0.2, 0.25) is 0 Å². The van der Waals surface area contributed by atoms with Crippen molar-refractivity contribution in [2.75, 3.05) is 47.1 Å². The maximum atomic E-state index is 11.5. The summed E-state index contributed by atoms with van der Waals surface area (Å²) in [5, 5.41) is 5.89. The van der Waals surface area contributed by atoms with E-state index in [1.54, 1.807) is 38.5 Å². The van der Waals surface area contributed by atoms with Gasteiger partial charge in [0.15, 0.2) is 6.61 Å². The first-order chi connectivity index (χ1) is 9.76. The summed E-state index contributed by atoms with van der Waals surface area (Å²) in [6.07, 6.45) is 0. The van der Waals surface area contributed by atoms with Crippen LogP contribution in [0.3, 0.4) is 0 Å². The molecule has 120 valence electrons. The van der Waals surface area contributed by atoms with E-state index >= 15 is 0 Å². The third-order valence-electron chi connectivity index (χ3n) is 2.54. The molecule has 0 saturated carbocycles. The molecule has 21 heavy (non-hydrogen) atoms. The molecule has 0 aromatic heterocycles. The van der Waals surface area contributed by atoms with E-state index in [1.807, 2.05) is 0 Å². The van der Waals surface area contributed by atoms with Crippen LogP contribution in [-0.2, 0) is 9.53 Å². The lowest BCUT2D eigenvalue weighted by molar-refractivity contribution is -0.123. The molecule has 0 radical (unpaired) electrons. The molecule has 0 aliphatic carbocycles. The molecule has 0 aliphatic heterocycles. The first-order valence-corrected chi connectivity index (χ1v) is 6.49. The van der Waals surface area contributed by atoms with Gasteiger partial charge in [-0.3, -0.25) is 4.79 Å². The highest BCUT2D eigenvalue weighted by molar-refractivity contribution is 5.85. The molecule has 0 aliphatic rings. The third-order valence-corrected chi connectivity index (χ3v) is 2.54. The molecule has 0 spiro atoms. The zero-order chi connectivity index (χ0) is 14.6. The second kappa shape index (κ2) is 12.3. The lowest BCUT2D eigenvalue weighted by atomic mass is 10.3. The average Bonchev–Trinajstić information content (AvgIpc) is 2.49. The van der Waals surface area contributed by atoms with E-state index in [-0.39, 0.29) is 24.9 Å². The molecule has 6 nitrogen and oxygen atoms in total. The largest absolute Gasteiger partial charge is 0.497 e. The summed E-state index contributed by atoms with van der Waals surface area (Å²) in [7, 11) is 3.25. The zero-order valence-electron chi connectivity index (χ0n) is 12.4. The Morgan fingerprint density at radius 1 is 1.05 bits per heavy atom. The number of amides is 1. The van der Waals surface area contributed by atoms with Crippen molar-refractivity contribution in [1.29, 1.82) is 0 Å². The fourth-order valence-corrected chi connectivity index (χ4v) is 1.46. The van der Waals surface area contributed by atoms with E-state index in [9.17, 15) is 4.79 Å². The van der Waals surface area contributed by atoms with Crippen LogP contribution in [0.15, 0.2) is 24.3 Å². The molecule has 1 amide bonds. The molecule has 7 heteroatoms. The normalized spacial score (nSPS) is 9.62. The van der Waals surface area contributed by atoms with E-state index in [0.717, 1.165) is 12.3 Å². The van der Waals surface area contributed by atoms with E-state index in [0.29, 0.717) is 25.4 Å². The average molecular weight is 319 g/mol. The minimum absolute atomic E-state index is 0. The summed E-state index contributed by atoms with van der Waals surface area (Å²) in [5.74, 6) is 1.25. The Balaban J connectivity index is 0.00000400. The Morgan fingerprint density at radius 3 is 2.33 bits per heavy atom. The maximum absolute atomic E-state index is 11.5. The summed E-state index contributed by atoms with van der Waals surface area (Å²) < 4.78 is 15.3. The summed E-state index contributed by atoms with van der Waals surface area (Å²) in [5.41, 5.74) is 0. The van der Waals surface area contributed by atoms with Crippen LogP contribution in [-0.4, -0.2) is 53.0 Å². The fourth-order valence-electron chi connectivity index (χ4n) is 1.46. The van der Waals surface area contributed by atoms with Gasteiger partial charge in [0.2, 0.25) is 0 Å². The quantitative estimate of drug-likeness (QED) is 0.626. The molecule has 0 bridgehead atoms. The topological polar surface area (TPSA) is 68.8 Å². The molecular weight excluding hydrogens is 296 g/mol. The lowest BCUT2D eigenvalue weighted by Crippen LogP contribution is -2.35. The van der Waals surface area contributed by atoms with Crippen molar-refractivity contribution in [2.24, 2.45) is 0 Å². The highest BCUT2D eigenvalue weighted by Gasteiger charge is 2.02. The predicted molar refractivity (Wildman–Crippen MR) is 83.5 cm³/mol. The fraction of sp³-hybridized carbons (Fsp3) is 0.500. The Labute approximate surface area is 131 Å². The first-order valence-electron chi connectivity index (χ1n) is 6.49. The second-order valence-corrected chi connectivity index (χ2v) is 4.06. The Hall–Kier alpha value is -1.50. The van der Waals surface area contributed by atoms with Crippen LogP contribution in [0.25, 0.3) is 0 Å². The molecule has 0 fully saturated rings. The van der Waals surface area contributed by atoms with Gasteiger partial charge in [-0.2, -0.15) is 0 Å². The summed E-state index contributed by atoms with van der Waals surface area (Å²) >= 11 is 0. The van der Waals surface area contributed by atoms with Gasteiger partial charge in [0, 0.05) is 26.7 Å². The maximum Gasteiger partial charge on any atom is 0.257 e. The smallest absolute Gasteiger partial charge is 0.257 e. The molecule has 0 heterocycles. The molecule has 1 rings (SSSR count). The van der Waals surface area contributed by atoms with E-state index in [2.05, 4.69) is 10.6 Å². The highest BCUT2D eigenvalue weighted by Crippen LogP contribution is 2.16. The summed E-state index contributed by atoms with van der Waals surface area (Å²) in [6, 6.07) is 7.09. The molecule has 2 N–H and O–H groups in total. The van der Waals surface area contributed by atoms with Crippen LogP contribution in [0, 0.1) is 0 Å². The van der Waals surface area contributed by atoms with Crippen molar-refractivity contribution in [3.63, 3.8) is 0 Å². The summed E-state index contributed by atoms with van der Waals surface area (Å²) in [4.78, 5) is 11.5. The molecule has 0 unspecified atom stereocenters. The first kappa shape index (κ1) is 19.5. The SMILES string of the molecule is COCCNCCNC(=O)COc1ccc(OC)cc1.Cl. The van der Waals surface area contributed by atoms with Crippen LogP contribution >= 0.6 is 12.4 Å². The van der Waals surface area contributed by atoms with Gasteiger partial charge in [-0.1, -0.05) is 0 Å². The van der Waals surface area contributed by atoms with Crippen molar-refractivity contribution >= 4 is 18.3 Å². The molecule has 1 aromatic rings. The predicted octanol–water partition coefficient (Wildman–Crippen LogP) is 0.848. The Bertz CT molecular complexity index is 387. The van der Waals surface area contributed by atoms with Crippen molar-refractivity contribution in [2.45, 2.75) is 0 Å². The molecular formula is C14H23ClN2O4. The van der Waals surface area contributed by atoms with Gasteiger partial charge in [0.1, 0.15) is 11.5 Å². The Kier molecular flexibility index (Phi) is 11.4. The van der Waals surface area contributed by atoms with Crippen molar-refractivity contribution in [3.05, 3.63) is 24.3 Å². The van der Waals surface area contributed by atoms with Crippen LogP contribution in [0.5, 0.6) is 11.5 Å². The van der Waals surface area contributed by atoms with E-state index < -0.39 is 0 Å². The standard InChI is InChI=1S/C14H22N2O4.ClH/c1-18-10-9-15-7-8-16-14(17)11-20-13-5-3-12(19-2)4-6-13;/h3-6,15H,7-11H2,1-2H3,(H,16,17);1H. The van der Waals surface area contributed by atoms with Gasteiger partial charge in [0.25, 0.3) is 5.91 Å². The van der Waals surface area contributed by atoms with E-state index in [4.69, 9.17) is 14.2 Å². The number of nitrogens with one attached hydrogen (secondary N) is 2. The van der Waals surface area contributed by atoms with Crippen LogP contribution in [0.1, 0.15) is 0 Å². The second-order valence-electron chi connectivity index (χ2n) is 4.06. The summed E-state index contributed by atoms with van der Waals surface area (Å²) in [6.45, 7) is 2.71. The number of hydrogen-bond acceptors (Lipinski definition) is 5. The number of carbonyl (C=O) groups excluding carboxylic acids is 1. The monoisotopic (exact) mass is 318 g/mol. The minimum atomic E-state index is -0.144. The van der Waals surface area contributed by atoms with Gasteiger partial charge in [-0.25, -0.2) is 0 Å². The van der Waals surface area contributed by atoms with Gasteiger partial charge in [-0.15, -0.1) is 12.4 Å². The van der Waals surface area contributed by atoms with Gasteiger partial charge in [-0.05, 0) is 24.3 Å². The third kappa shape index (κ3) is 9.12. The molecule has 0 saturated heterocycles. The number of rotatable bonds is 10. The minimum Gasteiger partial charge on any atom is -0.497 e. The lowest BCUT2D eigenvalue weighted by Gasteiger charge is -2.08. The van der Waals surface area contributed by atoms with Crippen molar-refractivity contribution in [3.8, 4) is 11.5 Å². The van der Waals surface area contributed by atoms with Crippen molar-refractivity contribution < 1.29 is 19.0 Å². The van der Waals surface area contributed by atoms with Crippen LogP contribution < -0.4 is 20.1 Å². The van der Waals surface area contributed by atoms with E-state index in [1.165, 1.54) is 0 Å². The number of ether oxygens (including phenoxy) is 3. The number of carbonyl (C=O) groups is 1. The number of benzene rings is 1. The highest BCUT2D eigenvalue weighted by atomic mass is 35.5. The van der Waals surface area contributed by atoms with Gasteiger partial charge >= 0.3 is 0 Å². The number of hydrogen-bond donors (Lipinski definition) is 2. The molecule has 1 aromatic carbocycles. The Morgan fingerprint density at radius 2 is 1.71 bits per heavy atom. The zero-order valence-corrected chi connectivity index (χ0v) is 13.2. The van der Waals surface area contributed by atoms with Crippen molar-refractivity contribution in [1.82, 2.24) is 10.6 Å². The molecule has 0 atom stereocenters.